The van der Waals surface area contributed by atoms with Gasteiger partial charge in [0.15, 0.2) is 0 Å². The number of nitro groups is 1. The molecule has 0 bridgehead atoms. The SMILES string of the molecule is CCOC(=O)c1sc(NC(=O)CCn2ncc([N+](=O)[O-])c2C)c(C(=O)OC(C)C)c1C. The van der Waals surface area contributed by atoms with Crippen molar-refractivity contribution in [3.63, 3.8) is 0 Å². The summed E-state index contributed by atoms with van der Waals surface area (Å²) in [5.41, 5.74) is 0.659. The summed E-state index contributed by atoms with van der Waals surface area (Å²) in [4.78, 5) is 47.9. The maximum atomic E-state index is 12.6. The predicted molar refractivity (Wildman–Crippen MR) is 112 cm³/mol. The molecule has 2 aromatic heterocycles. The maximum absolute atomic E-state index is 12.6. The molecule has 2 aromatic rings. The van der Waals surface area contributed by atoms with Gasteiger partial charge in [0.1, 0.15) is 21.8 Å². The molecule has 0 fully saturated rings. The summed E-state index contributed by atoms with van der Waals surface area (Å²) < 4.78 is 11.6. The number of carbonyl (C=O) groups is 3. The van der Waals surface area contributed by atoms with Crippen LogP contribution in [-0.4, -0.2) is 45.3 Å². The van der Waals surface area contributed by atoms with E-state index in [0.29, 0.717) is 11.3 Å². The largest absolute Gasteiger partial charge is 0.462 e. The second kappa shape index (κ2) is 10.2. The summed E-state index contributed by atoms with van der Waals surface area (Å²) in [7, 11) is 0. The van der Waals surface area contributed by atoms with Crippen molar-refractivity contribution in [1.29, 1.82) is 0 Å². The Labute approximate surface area is 182 Å². The first-order valence-corrected chi connectivity index (χ1v) is 10.4. The van der Waals surface area contributed by atoms with Gasteiger partial charge in [0, 0.05) is 6.42 Å². The highest BCUT2D eigenvalue weighted by Gasteiger charge is 2.28. The molecule has 1 N–H and O–H groups in total. The fourth-order valence-corrected chi connectivity index (χ4v) is 3.85. The highest BCUT2D eigenvalue weighted by atomic mass is 32.1. The number of anilines is 1. The van der Waals surface area contributed by atoms with Crippen LogP contribution in [0.2, 0.25) is 0 Å². The van der Waals surface area contributed by atoms with E-state index in [2.05, 4.69) is 10.4 Å². The van der Waals surface area contributed by atoms with Crippen molar-refractivity contribution in [1.82, 2.24) is 9.78 Å². The van der Waals surface area contributed by atoms with Crippen LogP contribution < -0.4 is 5.32 Å². The average Bonchev–Trinajstić information content (AvgIpc) is 3.19. The van der Waals surface area contributed by atoms with Crippen LogP contribution in [0.4, 0.5) is 10.7 Å². The Hall–Kier alpha value is -3.28. The average molecular weight is 452 g/mol. The number of aryl methyl sites for hydroxylation is 1. The van der Waals surface area contributed by atoms with Crippen LogP contribution in [0, 0.1) is 24.0 Å². The third-order valence-electron chi connectivity index (χ3n) is 4.23. The summed E-state index contributed by atoms with van der Waals surface area (Å²) in [6, 6.07) is 0. The molecule has 0 saturated carbocycles. The van der Waals surface area contributed by atoms with Gasteiger partial charge in [0.25, 0.3) is 0 Å². The minimum absolute atomic E-state index is 0.0516. The number of nitrogens with one attached hydrogen (secondary N) is 1. The number of hydrogen-bond acceptors (Lipinski definition) is 9. The van der Waals surface area contributed by atoms with E-state index in [1.807, 2.05) is 0 Å². The van der Waals surface area contributed by atoms with Gasteiger partial charge in [-0.05, 0) is 40.2 Å². The Morgan fingerprint density at radius 2 is 1.97 bits per heavy atom. The molecule has 0 unspecified atom stereocenters. The zero-order chi connectivity index (χ0) is 23.3. The van der Waals surface area contributed by atoms with Crippen LogP contribution >= 0.6 is 11.3 Å². The van der Waals surface area contributed by atoms with Gasteiger partial charge in [0.05, 0.1) is 29.7 Å². The molecule has 0 spiro atoms. The normalized spacial score (nSPS) is 10.8. The van der Waals surface area contributed by atoms with Gasteiger partial charge >= 0.3 is 17.6 Å². The summed E-state index contributed by atoms with van der Waals surface area (Å²) in [6.45, 7) is 8.44. The van der Waals surface area contributed by atoms with Gasteiger partial charge in [-0.3, -0.25) is 19.6 Å². The van der Waals surface area contributed by atoms with Gasteiger partial charge in [-0.1, -0.05) is 0 Å². The van der Waals surface area contributed by atoms with Crippen LogP contribution in [0.25, 0.3) is 0 Å². The number of amides is 1. The molecule has 168 valence electrons. The zero-order valence-electron chi connectivity index (χ0n) is 17.9. The standard InChI is InChI=1S/C19H24N4O7S/c1-6-29-19(26)16-11(4)15(18(25)30-10(2)3)17(31-16)21-14(24)7-8-22-12(5)13(9-20-22)23(27)28/h9-10H,6-8H2,1-5H3,(H,21,24). The molecule has 0 aliphatic heterocycles. The number of rotatable bonds is 9. The minimum atomic E-state index is -0.659. The molecule has 1 amide bonds. The van der Waals surface area contributed by atoms with Gasteiger partial charge in [-0.25, -0.2) is 9.59 Å². The Morgan fingerprint density at radius 3 is 2.52 bits per heavy atom. The lowest BCUT2D eigenvalue weighted by Crippen LogP contribution is -2.18. The van der Waals surface area contributed by atoms with Crippen molar-refractivity contribution >= 4 is 39.9 Å². The van der Waals surface area contributed by atoms with E-state index in [1.54, 1.807) is 27.7 Å². The van der Waals surface area contributed by atoms with Crippen LogP contribution in [0.5, 0.6) is 0 Å². The monoisotopic (exact) mass is 452 g/mol. The van der Waals surface area contributed by atoms with Gasteiger partial charge in [-0.2, -0.15) is 5.10 Å². The molecule has 0 aromatic carbocycles. The third kappa shape index (κ3) is 5.66. The molecule has 12 heteroatoms. The Bertz CT molecular complexity index is 1010. The van der Waals surface area contributed by atoms with E-state index in [4.69, 9.17) is 9.47 Å². The first kappa shape index (κ1) is 24.0. The van der Waals surface area contributed by atoms with Crippen LogP contribution in [0.3, 0.4) is 0 Å². The lowest BCUT2D eigenvalue weighted by Gasteiger charge is -2.10. The highest BCUT2D eigenvalue weighted by molar-refractivity contribution is 7.18. The fraction of sp³-hybridized carbons (Fsp3) is 0.474. The molecule has 0 aliphatic rings. The number of esters is 2. The molecular weight excluding hydrogens is 428 g/mol. The van der Waals surface area contributed by atoms with Crippen molar-refractivity contribution < 1.29 is 28.8 Å². The van der Waals surface area contributed by atoms with Crippen LogP contribution in [0.15, 0.2) is 6.20 Å². The number of hydrogen-bond donors (Lipinski definition) is 1. The first-order valence-electron chi connectivity index (χ1n) is 9.54. The second-order valence-corrected chi connectivity index (χ2v) is 7.85. The quantitative estimate of drug-likeness (QED) is 0.347. The Balaban J connectivity index is 2.22. The number of ether oxygens (including phenoxy) is 2. The van der Waals surface area contributed by atoms with Gasteiger partial charge < -0.3 is 14.8 Å². The topological polar surface area (TPSA) is 143 Å². The molecule has 31 heavy (non-hydrogen) atoms. The number of aromatic nitrogens is 2. The van der Waals surface area contributed by atoms with Gasteiger partial charge in [0.2, 0.25) is 5.91 Å². The van der Waals surface area contributed by atoms with Crippen molar-refractivity contribution in [3.8, 4) is 0 Å². The Morgan fingerprint density at radius 1 is 1.29 bits per heavy atom. The van der Waals surface area contributed by atoms with Crippen molar-refractivity contribution in [2.75, 3.05) is 11.9 Å². The van der Waals surface area contributed by atoms with Crippen LogP contribution in [0.1, 0.15) is 58.5 Å². The lowest BCUT2D eigenvalue weighted by atomic mass is 10.1. The van der Waals surface area contributed by atoms with E-state index >= 15 is 0 Å². The zero-order valence-corrected chi connectivity index (χ0v) is 18.7. The maximum Gasteiger partial charge on any atom is 0.348 e. The molecule has 2 heterocycles. The summed E-state index contributed by atoms with van der Waals surface area (Å²) in [5.74, 6) is -1.70. The summed E-state index contributed by atoms with van der Waals surface area (Å²) in [5, 5.41) is 17.7. The molecule has 11 nitrogen and oxygen atoms in total. The second-order valence-electron chi connectivity index (χ2n) is 6.83. The molecule has 2 rings (SSSR count). The molecule has 0 radical (unpaired) electrons. The smallest absolute Gasteiger partial charge is 0.348 e. The minimum Gasteiger partial charge on any atom is -0.462 e. The van der Waals surface area contributed by atoms with E-state index in [1.165, 1.54) is 11.6 Å². The third-order valence-corrected chi connectivity index (χ3v) is 5.42. The van der Waals surface area contributed by atoms with Crippen molar-refractivity contribution in [2.45, 2.75) is 53.7 Å². The number of carbonyl (C=O) groups excluding carboxylic acids is 3. The molecule has 0 atom stereocenters. The van der Waals surface area contributed by atoms with Gasteiger partial charge in [-0.15, -0.1) is 11.3 Å². The first-order chi connectivity index (χ1) is 14.6. The van der Waals surface area contributed by atoms with E-state index in [9.17, 15) is 24.5 Å². The molecule has 0 saturated heterocycles. The van der Waals surface area contributed by atoms with E-state index < -0.39 is 22.8 Å². The molecular formula is C19H24N4O7S. The van der Waals surface area contributed by atoms with E-state index in [-0.39, 0.29) is 46.8 Å². The summed E-state index contributed by atoms with van der Waals surface area (Å²) >= 11 is 0.932. The highest BCUT2D eigenvalue weighted by Crippen LogP contribution is 2.34. The lowest BCUT2D eigenvalue weighted by molar-refractivity contribution is -0.385. The van der Waals surface area contributed by atoms with Crippen LogP contribution in [-0.2, 0) is 20.8 Å². The summed E-state index contributed by atoms with van der Waals surface area (Å²) in [6.07, 6.45) is 0.686. The predicted octanol–water partition coefficient (Wildman–Crippen LogP) is 3.24. The number of nitrogens with zero attached hydrogens (tertiary/aromatic N) is 3. The number of thiophene rings is 1. The van der Waals surface area contributed by atoms with Crippen molar-refractivity contribution in [2.24, 2.45) is 0 Å². The van der Waals surface area contributed by atoms with Crippen molar-refractivity contribution in [3.05, 3.63) is 38.0 Å². The fourth-order valence-electron chi connectivity index (χ4n) is 2.75. The molecule has 0 aliphatic carbocycles. The Kier molecular flexibility index (Phi) is 7.86. The van der Waals surface area contributed by atoms with E-state index in [0.717, 1.165) is 17.5 Å².